The molecule has 0 saturated heterocycles. The molecule has 1 nitrogen and oxygen atoms in total. The molecule has 8 aromatic rings. The highest BCUT2D eigenvalue weighted by atomic mass is 35.6. The van der Waals surface area contributed by atoms with Crippen molar-refractivity contribution >= 4 is 50.8 Å². The monoisotopic (exact) mass is 1460 g/mol. The summed E-state index contributed by atoms with van der Waals surface area (Å²) in [5.41, 5.74) is 42.5. The number of ether oxygens (including phenoxy) is 1. The zero-order valence-corrected chi connectivity index (χ0v) is 75.0. The Balaban J connectivity index is 0.000000189. The standard InChI is InChI=1S/C51H66OSi.C28H38.C23H29ClSi/c1-31-23-39-38(34-25-35(48(3,4)5)27-36(26-34)49(6,7)8)28-37(50(9,10)11)29-41(39)46(31)53(16,17)47-32(2)24-40-42(47)30-43(51(12,13)14)45(52-15)44(40)33-21-19-18-20-22-33;1-18-11-19-13-23(28(8,9)10)17-25(24(19)12-18)20-14-21(26(2,3)4)16-22(15-20)27(5,6)7;1-15-13-18-19(22(15)25(6,7)24)14-20(23(3,4)5)16(2)21(18)17-11-9-8-10-12-17/h18-30,46-47H,1-17H3;11,13-17H,12H2,1-10H3;8-14,22H,1-7H3. The van der Waals surface area contributed by atoms with E-state index in [4.69, 9.17) is 15.8 Å². The quantitative estimate of drug-likeness (QED) is 0.109. The molecule has 562 valence electrons. The van der Waals surface area contributed by atoms with Crippen LogP contribution in [0, 0.1) is 6.92 Å². The minimum atomic E-state index is -2.16. The summed E-state index contributed by atoms with van der Waals surface area (Å²) < 4.78 is 6.33. The Morgan fingerprint density at radius 1 is 0.349 bits per heavy atom. The predicted octanol–water partition coefficient (Wildman–Crippen LogP) is 30.4. The fourth-order valence-electron chi connectivity index (χ4n) is 17.8. The molecule has 4 aliphatic carbocycles. The molecule has 0 aliphatic heterocycles. The van der Waals surface area contributed by atoms with Crippen LogP contribution >= 0.6 is 11.1 Å². The molecule has 12 rings (SSSR count). The van der Waals surface area contributed by atoms with Crippen molar-refractivity contribution in [3.63, 3.8) is 0 Å². The second kappa shape index (κ2) is 28.6. The van der Waals surface area contributed by atoms with Gasteiger partial charge in [-0.15, -0.1) is 0 Å². The van der Waals surface area contributed by atoms with Crippen molar-refractivity contribution in [2.24, 2.45) is 0 Å². The van der Waals surface area contributed by atoms with Gasteiger partial charge in [-0.2, -0.15) is 11.1 Å². The van der Waals surface area contributed by atoms with Crippen molar-refractivity contribution in [2.45, 2.75) is 293 Å². The Morgan fingerprint density at radius 3 is 1.11 bits per heavy atom. The fourth-order valence-corrected chi connectivity index (χ4v) is 25.7. The van der Waals surface area contributed by atoms with Crippen LogP contribution in [-0.2, 0) is 49.7 Å². The van der Waals surface area contributed by atoms with Crippen molar-refractivity contribution in [2.75, 3.05) is 7.11 Å². The van der Waals surface area contributed by atoms with Crippen molar-refractivity contribution < 1.29 is 4.74 Å². The second-order valence-corrected chi connectivity index (χ2v) is 53.2. The minimum Gasteiger partial charge on any atom is -0.496 e. The van der Waals surface area contributed by atoms with E-state index in [1.807, 2.05) is 7.11 Å². The van der Waals surface area contributed by atoms with E-state index >= 15 is 0 Å². The van der Waals surface area contributed by atoms with Gasteiger partial charge in [-0.05, 0) is 212 Å². The number of halogens is 1. The van der Waals surface area contributed by atoms with Crippen LogP contribution in [0.3, 0.4) is 0 Å². The van der Waals surface area contributed by atoms with Gasteiger partial charge in [0.25, 0.3) is 0 Å². The summed E-state index contributed by atoms with van der Waals surface area (Å²) in [6, 6.07) is 51.4. The lowest BCUT2D eigenvalue weighted by Gasteiger charge is -2.40. The van der Waals surface area contributed by atoms with Gasteiger partial charge in [0.15, 0.2) is 7.38 Å². The van der Waals surface area contributed by atoms with Crippen LogP contribution in [0.25, 0.3) is 68.8 Å². The Hall–Kier alpha value is -6.76. The maximum atomic E-state index is 6.96. The lowest BCUT2D eigenvalue weighted by atomic mass is 9.77. The summed E-state index contributed by atoms with van der Waals surface area (Å²) in [5, 5.41) is 0. The molecule has 106 heavy (non-hydrogen) atoms. The second-order valence-electron chi connectivity index (χ2n) is 41.7. The number of rotatable bonds is 8. The molecular formula is C102H133ClOSi2. The molecule has 0 fully saturated rings. The molecule has 8 aromatic carbocycles. The third-order valence-electron chi connectivity index (χ3n) is 23.6. The number of allylic oxidation sites excluding steroid dienone is 4. The Labute approximate surface area is 652 Å². The summed E-state index contributed by atoms with van der Waals surface area (Å²) in [6.07, 6.45) is 10.9. The van der Waals surface area contributed by atoms with Gasteiger partial charge in [0.05, 0.1) is 15.2 Å². The van der Waals surface area contributed by atoms with Crippen LogP contribution in [0.4, 0.5) is 0 Å². The van der Waals surface area contributed by atoms with Crippen LogP contribution in [0.1, 0.15) is 305 Å². The first-order valence-electron chi connectivity index (χ1n) is 39.7. The first kappa shape index (κ1) is 81.8. The SMILES string of the molecule is CC1=Cc2c(cc(C(C)(C)C)c(C)c2-c2ccccc2)C1[Si](C)(C)Cl.CC1=Cc2cc(C(C)(C)C)cc(-c3cc(C(C)(C)C)cc(C(C)(C)C)c3)c2C1.COc1c(C(C)(C)C)cc2c(c1-c1ccccc1)C=C(C)C2[Si](C)(C)C1C(C)=Cc2c(-c3cc(C(C)(C)C)cc(C(C)(C)C)c3)cc(C(C)(C)C)cc21. The maximum absolute atomic E-state index is 6.96. The van der Waals surface area contributed by atoms with Crippen LogP contribution < -0.4 is 4.74 Å². The summed E-state index contributed by atoms with van der Waals surface area (Å²) in [4.78, 5) is 0. The highest BCUT2D eigenvalue weighted by Gasteiger charge is 2.49. The summed E-state index contributed by atoms with van der Waals surface area (Å²) in [5.74, 6) is 1.01. The number of methoxy groups -OCH3 is 1. The van der Waals surface area contributed by atoms with Gasteiger partial charge < -0.3 is 4.74 Å². The number of hydrogen-bond acceptors (Lipinski definition) is 1. The van der Waals surface area contributed by atoms with Gasteiger partial charge in [-0.1, -0.05) is 372 Å². The molecule has 0 bridgehead atoms. The molecule has 0 amide bonds. The maximum Gasteiger partial charge on any atom is 0.161 e. The van der Waals surface area contributed by atoms with Crippen LogP contribution in [0.15, 0.2) is 156 Å². The Bertz CT molecular complexity index is 4750. The van der Waals surface area contributed by atoms with Crippen molar-refractivity contribution in [1.29, 1.82) is 0 Å². The average Bonchev–Trinajstić information content (AvgIpc) is 1.52. The van der Waals surface area contributed by atoms with Crippen molar-refractivity contribution in [3.05, 3.63) is 250 Å². The van der Waals surface area contributed by atoms with E-state index in [1.165, 1.54) is 161 Å². The van der Waals surface area contributed by atoms with E-state index in [-0.39, 0.29) is 43.3 Å². The molecule has 4 aliphatic rings. The predicted molar refractivity (Wildman–Crippen MR) is 476 cm³/mol. The number of fused-ring (bicyclic) bond motifs is 4. The van der Waals surface area contributed by atoms with Gasteiger partial charge in [-0.3, -0.25) is 0 Å². The zero-order chi connectivity index (χ0) is 78.9. The van der Waals surface area contributed by atoms with Gasteiger partial charge >= 0.3 is 0 Å². The van der Waals surface area contributed by atoms with Crippen molar-refractivity contribution in [3.8, 4) is 50.3 Å². The molecular weight excluding hydrogens is 1330 g/mol. The van der Waals surface area contributed by atoms with Gasteiger partial charge in [0.2, 0.25) is 0 Å². The molecule has 0 heterocycles. The third-order valence-corrected chi connectivity index (χ3v) is 30.9. The zero-order valence-electron chi connectivity index (χ0n) is 72.2. The summed E-state index contributed by atoms with van der Waals surface area (Å²) in [7, 11) is -2.17. The van der Waals surface area contributed by atoms with E-state index in [1.54, 1.807) is 0 Å². The van der Waals surface area contributed by atoms with E-state index in [2.05, 4.69) is 385 Å². The summed E-state index contributed by atoms with van der Waals surface area (Å²) in [6.45, 7) is 77.5. The topological polar surface area (TPSA) is 9.23 Å². The number of hydrogen-bond donors (Lipinski definition) is 0. The lowest BCUT2D eigenvalue weighted by Crippen LogP contribution is -2.42. The normalized spacial score (nSPS) is 16.9. The van der Waals surface area contributed by atoms with Gasteiger partial charge in [-0.25, -0.2) is 0 Å². The lowest BCUT2D eigenvalue weighted by molar-refractivity contribution is 0.399. The van der Waals surface area contributed by atoms with E-state index < -0.39 is 15.5 Å². The number of benzene rings is 8. The Morgan fingerprint density at radius 2 is 0.698 bits per heavy atom. The average molecular weight is 1470 g/mol. The highest BCUT2D eigenvalue weighted by Crippen LogP contribution is 2.58. The molecule has 3 atom stereocenters. The minimum absolute atomic E-state index is 0.0174. The van der Waals surface area contributed by atoms with Crippen LogP contribution in [0.2, 0.25) is 26.2 Å². The van der Waals surface area contributed by atoms with Gasteiger partial charge in [0.1, 0.15) is 5.75 Å². The summed E-state index contributed by atoms with van der Waals surface area (Å²) >= 11 is 6.96. The molecule has 4 heteroatoms. The first-order valence-corrected chi connectivity index (χ1v) is 46.9. The highest BCUT2D eigenvalue weighted by molar-refractivity contribution is 7.20. The van der Waals surface area contributed by atoms with Crippen LogP contribution in [0.5, 0.6) is 5.75 Å². The first-order chi connectivity index (χ1) is 48.5. The van der Waals surface area contributed by atoms with E-state index in [0.29, 0.717) is 16.6 Å². The molecule has 0 saturated carbocycles. The molecule has 3 unspecified atom stereocenters. The van der Waals surface area contributed by atoms with E-state index in [9.17, 15) is 0 Å². The van der Waals surface area contributed by atoms with Crippen LogP contribution in [-0.4, -0.2) is 22.6 Å². The largest absolute Gasteiger partial charge is 0.496 e. The molecule has 0 aromatic heterocycles. The molecule has 0 radical (unpaired) electrons. The molecule has 0 N–H and O–H groups in total. The van der Waals surface area contributed by atoms with E-state index in [0.717, 1.165) is 12.2 Å². The smallest absolute Gasteiger partial charge is 0.161 e. The third kappa shape index (κ3) is 16.6. The molecule has 0 spiro atoms. The fraction of sp³-hybridized carbons (Fsp3) is 0.451. The van der Waals surface area contributed by atoms with Gasteiger partial charge in [0, 0.05) is 27.8 Å². The Kier molecular flexibility index (Phi) is 22.1. The van der Waals surface area contributed by atoms with Crippen molar-refractivity contribution in [1.82, 2.24) is 0 Å².